The average molecular weight is 407 g/mol. The van der Waals surface area contributed by atoms with Crippen molar-refractivity contribution in [1.82, 2.24) is 5.32 Å². The van der Waals surface area contributed by atoms with Crippen LogP contribution in [-0.2, 0) is 9.53 Å². The number of hydrogen-bond acceptors (Lipinski definition) is 7. The van der Waals surface area contributed by atoms with Crippen LogP contribution in [0.2, 0.25) is 5.02 Å². The second kappa shape index (κ2) is 9.47. The fourth-order valence-corrected chi connectivity index (χ4v) is 2.38. The predicted octanol–water partition coefficient (Wildman–Crippen LogP) is 2.41. The number of hydrogen-bond donors (Lipinski definition) is 1. The van der Waals surface area contributed by atoms with Crippen molar-refractivity contribution in [3.63, 3.8) is 0 Å². The molecule has 2 aromatic carbocycles. The highest BCUT2D eigenvalue weighted by molar-refractivity contribution is 6.32. The van der Waals surface area contributed by atoms with Crippen LogP contribution in [0.3, 0.4) is 0 Å². The van der Waals surface area contributed by atoms with Crippen LogP contribution >= 0.6 is 11.6 Å². The largest absolute Gasteiger partial charge is 0.496 e. The first kappa shape index (κ1) is 20.8. The molecule has 0 aromatic heterocycles. The molecule has 1 amide bonds. The number of para-hydroxylation sites is 1. The maximum atomic E-state index is 12.1. The van der Waals surface area contributed by atoms with E-state index in [0.29, 0.717) is 5.75 Å². The van der Waals surface area contributed by atoms with Gasteiger partial charge in [-0.05, 0) is 24.3 Å². The Morgan fingerprint density at radius 3 is 2.57 bits per heavy atom. The summed E-state index contributed by atoms with van der Waals surface area (Å²) in [6, 6.07) is 9.94. The third kappa shape index (κ3) is 5.27. The highest BCUT2D eigenvalue weighted by Crippen LogP contribution is 2.25. The Morgan fingerprint density at radius 1 is 1.18 bits per heavy atom. The van der Waals surface area contributed by atoms with Crippen LogP contribution in [0, 0.1) is 10.1 Å². The van der Waals surface area contributed by atoms with Crippen molar-refractivity contribution in [1.29, 1.82) is 0 Å². The normalized spacial score (nSPS) is 10.1. The van der Waals surface area contributed by atoms with Crippen LogP contribution in [0.1, 0.15) is 20.7 Å². The molecule has 0 spiro atoms. The zero-order chi connectivity index (χ0) is 20.7. The number of nitro benzene ring substituents is 1. The first-order valence-electron chi connectivity index (χ1n) is 7.87. The number of carbonyl (C=O) groups excluding carboxylic acids is 3. The minimum Gasteiger partial charge on any atom is -0.496 e. The van der Waals surface area contributed by atoms with Crippen LogP contribution in [0.5, 0.6) is 5.75 Å². The first-order valence-corrected chi connectivity index (χ1v) is 8.25. The van der Waals surface area contributed by atoms with E-state index in [1.165, 1.54) is 25.3 Å². The fourth-order valence-electron chi connectivity index (χ4n) is 2.20. The van der Waals surface area contributed by atoms with Gasteiger partial charge in [-0.2, -0.15) is 0 Å². The molecule has 0 radical (unpaired) electrons. The molecule has 0 unspecified atom stereocenters. The second-order valence-corrected chi connectivity index (χ2v) is 5.80. The van der Waals surface area contributed by atoms with Crippen LogP contribution in [0.25, 0.3) is 0 Å². The summed E-state index contributed by atoms with van der Waals surface area (Å²) in [6.07, 6.45) is 0. The van der Waals surface area contributed by atoms with E-state index in [-0.39, 0.29) is 16.1 Å². The average Bonchev–Trinajstić information content (AvgIpc) is 2.70. The maximum absolute atomic E-state index is 12.1. The highest BCUT2D eigenvalue weighted by atomic mass is 35.5. The Bertz CT molecular complexity index is 930. The molecule has 0 aliphatic heterocycles. The third-order valence-corrected chi connectivity index (χ3v) is 3.89. The molecular weight excluding hydrogens is 392 g/mol. The van der Waals surface area contributed by atoms with Crippen molar-refractivity contribution < 1.29 is 28.8 Å². The SMILES string of the molecule is COc1ccccc1C(=O)COC(=O)CNC(=O)c1ccc(Cl)c([N+](=O)[O-])c1. The van der Waals surface area contributed by atoms with Crippen LogP contribution in [0.15, 0.2) is 42.5 Å². The number of esters is 1. The summed E-state index contributed by atoms with van der Waals surface area (Å²) >= 11 is 5.68. The highest BCUT2D eigenvalue weighted by Gasteiger charge is 2.18. The summed E-state index contributed by atoms with van der Waals surface area (Å²) in [4.78, 5) is 46.0. The smallest absolute Gasteiger partial charge is 0.325 e. The Morgan fingerprint density at radius 2 is 1.89 bits per heavy atom. The quantitative estimate of drug-likeness (QED) is 0.309. The maximum Gasteiger partial charge on any atom is 0.325 e. The molecule has 2 rings (SSSR count). The number of rotatable bonds is 8. The number of nitro groups is 1. The summed E-state index contributed by atoms with van der Waals surface area (Å²) in [5, 5.41) is 13.0. The number of ether oxygens (including phenoxy) is 2. The number of ketones is 1. The van der Waals surface area contributed by atoms with Crippen molar-refractivity contribution in [2.24, 2.45) is 0 Å². The molecule has 146 valence electrons. The number of amides is 1. The monoisotopic (exact) mass is 406 g/mol. The lowest BCUT2D eigenvalue weighted by atomic mass is 10.1. The molecule has 2 aromatic rings. The van der Waals surface area contributed by atoms with Gasteiger partial charge in [0.05, 0.1) is 17.6 Å². The molecule has 0 bridgehead atoms. The standard InChI is InChI=1S/C18H15ClN2O7/c1-27-16-5-3-2-4-12(16)15(22)10-28-17(23)9-20-18(24)11-6-7-13(19)14(8-11)21(25)26/h2-8H,9-10H2,1H3,(H,20,24). The summed E-state index contributed by atoms with van der Waals surface area (Å²) in [5.74, 6) is -1.69. The van der Waals surface area contributed by atoms with Gasteiger partial charge in [-0.3, -0.25) is 24.5 Å². The summed E-state index contributed by atoms with van der Waals surface area (Å²) in [6.45, 7) is -1.05. The van der Waals surface area contributed by atoms with Gasteiger partial charge in [0, 0.05) is 11.6 Å². The first-order chi connectivity index (χ1) is 13.3. The number of halogens is 1. The zero-order valence-electron chi connectivity index (χ0n) is 14.6. The van der Waals surface area contributed by atoms with Gasteiger partial charge in [0.2, 0.25) is 5.78 Å². The lowest BCUT2D eigenvalue weighted by molar-refractivity contribution is -0.384. The predicted molar refractivity (Wildman–Crippen MR) is 98.7 cm³/mol. The van der Waals surface area contributed by atoms with Crippen molar-refractivity contribution in [3.05, 3.63) is 68.7 Å². The van der Waals surface area contributed by atoms with Crippen molar-refractivity contribution in [2.75, 3.05) is 20.3 Å². The molecular formula is C18H15ClN2O7. The molecule has 0 aliphatic rings. The van der Waals surface area contributed by atoms with Gasteiger partial charge in [0.25, 0.3) is 11.6 Å². The lowest BCUT2D eigenvalue weighted by Crippen LogP contribution is -2.31. The Hall–Kier alpha value is -3.46. The number of methoxy groups -OCH3 is 1. The molecule has 9 nitrogen and oxygen atoms in total. The summed E-state index contributed by atoms with van der Waals surface area (Å²) < 4.78 is 9.90. The lowest BCUT2D eigenvalue weighted by Gasteiger charge is -2.09. The Kier molecular flexibility index (Phi) is 7.05. The van der Waals surface area contributed by atoms with E-state index in [1.54, 1.807) is 18.2 Å². The Labute approximate surface area is 164 Å². The van der Waals surface area contributed by atoms with E-state index >= 15 is 0 Å². The molecule has 0 aliphatic carbocycles. The van der Waals surface area contributed by atoms with Gasteiger partial charge < -0.3 is 14.8 Å². The van der Waals surface area contributed by atoms with E-state index in [1.807, 2.05) is 0 Å². The molecule has 0 saturated carbocycles. The fraction of sp³-hybridized carbons (Fsp3) is 0.167. The number of benzene rings is 2. The van der Waals surface area contributed by atoms with E-state index in [0.717, 1.165) is 6.07 Å². The van der Waals surface area contributed by atoms with Gasteiger partial charge in [-0.15, -0.1) is 0 Å². The van der Waals surface area contributed by atoms with Crippen LogP contribution < -0.4 is 10.1 Å². The van der Waals surface area contributed by atoms with Gasteiger partial charge in [0.1, 0.15) is 17.3 Å². The topological polar surface area (TPSA) is 125 Å². The van der Waals surface area contributed by atoms with Crippen molar-refractivity contribution in [3.8, 4) is 5.75 Å². The Balaban J connectivity index is 1.89. The molecule has 0 atom stereocenters. The second-order valence-electron chi connectivity index (χ2n) is 5.39. The van der Waals surface area contributed by atoms with Crippen LogP contribution in [-0.4, -0.2) is 42.8 Å². The van der Waals surface area contributed by atoms with E-state index in [2.05, 4.69) is 5.32 Å². The summed E-state index contributed by atoms with van der Waals surface area (Å²) in [7, 11) is 1.41. The van der Waals surface area contributed by atoms with Gasteiger partial charge in [0.15, 0.2) is 6.61 Å². The molecule has 0 heterocycles. The van der Waals surface area contributed by atoms with Gasteiger partial charge in [-0.25, -0.2) is 0 Å². The van der Waals surface area contributed by atoms with E-state index < -0.39 is 41.4 Å². The number of nitrogens with one attached hydrogen (secondary N) is 1. The number of carbonyl (C=O) groups is 3. The van der Waals surface area contributed by atoms with Gasteiger partial charge >= 0.3 is 5.97 Å². The van der Waals surface area contributed by atoms with Crippen molar-refractivity contribution >= 4 is 34.9 Å². The molecule has 1 N–H and O–H groups in total. The number of nitrogens with zero attached hydrogens (tertiary/aromatic N) is 1. The minimum absolute atomic E-state index is 0.0472. The van der Waals surface area contributed by atoms with Gasteiger partial charge in [-0.1, -0.05) is 23.7 Å². The molecule has 0 fully saturated rings. The number of Topliss-reactive ketones (excluding diaryl/α,β-unsaturated/α-hetero) is 1. The van der Waals surface area contributed by atoms with Crippen LogP contribution in [0.4, 0.5) is 5.69 Å². The third-order valence-electron chi connectivity index (χ3n) is 3.57. The van der Waals surface area contributed by atoms with Crippen molar-refractivity contribution in [2.45, 2.75) is 0 Å². The molecule has 10 heteroatoms. The molecule has 28 heavy (non-hydrogen) atoms. The minimum atomic E-state index is -0.847. The molecule has 0 saturated heterocycles. The van der Waals surface area contributed by atoms with E-state index in [9.17, 15) is 24.5 Å². The summed E-state index contributed by atoms with van der Waals surface area (Å²) in [5.41, 5.74) is -0.219. The zero-order valence-corrected chi connectivity index (χ0v) is 15.4. The van der Waals surface area contributed by atoms with E-state index in [4.69, 9.17) is 21.1 Å².